The molecule has 1 unspecified atom stereocenters. The van der Waals surface area contributed by atoms with Gasteiger partial charge in [-0.25, -0.2) is 4.79 Å². The minimum absolute atomic E-state index is 0.0424. The van der Waals surface area contributed by atoms with Gasteiger partial charge in [-0.1, -0.05) is 29.3 Å². The monoisotopic (exact) mass is 343 g/mol. The van der Waals surface area contributed by atoms with Crippen LogP contribution in [0.15, 0.2) is 18.2 Å². The fourth-order valence-corrected chi connectivity index (χ4v) is 4.05. The van der Waals surface area contributed by atoms with Crippen LogP contribution < -0.4 is 0 Å². The predicted molar refractivity (Wildman–Crippen MR) is 80.8 cm³/mol. The van der Waals surface area contributed by atoms with Crippen molar-refractivity contribution in [2.24, 2.45) is 0 Å². The molecule has 0 aliphatic carbocycles. The second kappa shape index (κ2) is 5.49. The molecule has 0 amide bonds. The molecule has 0 bridgehead atoms. The van der Waals surface area contributed by atoms with E-state index in [0.29, 0.717) is 15.6 Å². The standard InChI is InChI=1S/C15H15Cl2NO4/c1-21-11-6-8(19)7-15(14(20)22-2)13(18(11)15)12-9(16)4-3-5-10(12)17/h3-5,11,13H,6-7H2,1-2H3/t11-,13-,15-,18?/m0/s1. The van der Waals surface area contributed by atoms with Gasteiger partial charge in [-0.15, -0.1) is 0 Å². The maximum absolute atomic E-state index is 12.4. The van der Waals surface area contributed by atoms with Gasteiger partial charge in [0.05, 0.1) is 13.2 Å². The summed E-state index contributed by atoms with van der Waals surface area (Å²) in [6, 6.07) is 4.74. The van der Waals surface area contributed by atoms with Crippen molar-refractivity contribution >= 4 is 35.0 Å². The number of methoxy groups -OCH3 is 2. The molecule has 3 rings (SSSR count). The highest BCUT2D eigenvalue weighted by Gasteiger charge is 2.74. The van der Waals surface area contributed by atoms with E-state index in [0.717, 1.165) is 0 Å². The minimum Gasteiger partial charge on any atom is -0.468 e. The molecule has 7 heteroatoms. The van der Waals surface area contributed by atoms with Crippen LogP contribution in [0.3, 0.4) is 0 Å². The van der Waals surface area contributed by atoms with E-state index in [-0.39, 0.29) is 18.6 Å². The lowest BCUT2D eigenvalue weighted by atomic mass is 9.91. The Bertz CT molecular complexity index is 630. The van der Waals surface area contributed by atoms with E-state index >= 15 is 0 Å². The normalized spacial score (nSPS) is 33.3. The van der Waals surface area contributed by atoms with Gasteiger partial charge < -0.3 is 9.47 Å². The zero-order valence-corrected chi connectivity index (χ0v) is 13.6. The van der Waals surface area contributed by atoms with Crippen LogP contribution in [0, 0.1) is 0 Å². The number of ether oxygens (including phenoxy) is 2. The summed E-state index contributed by atoms with van der Waals surface area (Å²) in [6.45, 7) is 0. The number of carbonyl (C=O) groups is 2. The molecular weight excluding hydrogens is 329 g/mol. The lowest BCUT2D eigenvalue weighted by Crippen LogP contribution is -2.43. The second-order valence-corrected chi connectivity index (χ2v) is 6.29. The van der Waals surface area contributed by atoms with Crippen LogP contribution in [-0.4, -0.2) is 42.6 Å². The fourth-order valence-electron chi connectivity index (χ4n) is 3.44. The first kappa shape index (κ1) is 15.7. The molecule has 0 spiro atoms. The number of hydrogen-bond donors (Lipinski definition) is 0. The van der Waals surface area contributed by atoms with Crippen LogP contribution in [-0.2, 0) is 19.1 Å². The van der Waals surface area contributed by atoms with Crippen molar-refractivity contribution in [3.05, 3.63) is 33.8 Å². The summed E-state index contributed by atoms with van der Waals surface area (Å²) in [6.07, 6.45) is -0.183. The average Bonchev–Trinajstić information content (AvgIpc) is 3.15. The number of carbonyl (C=O) groups excluding carboxylic acids is 2. The number of nitrogens with zero attached hydrogens (tertiary/aromatic N) is 1. The highest BCUT2D eigenvalue weighted by molar-refractivity contribution is 6.36. The third-order valence-corrected chi connectivity index (χ3v) is 5.05. The molecule has 2 aliphatic heterocycles. The predicted octanol–water partition coefficient (Wildman–Crippen LogP) is 2.60. The van der Waals surface area contributed by atoms with Gasteiger partial charge in [-0.2, -0.15) is 0 Å². The lowest BCUT2D eigenvalue weighted by Gasteiger charge is -2.25. The molecule has 2 saturated heterocycles. The van der Waals surface area contributed by atoms with Crippen LogP contribution in [0.2, 0.25) is 10.0 Å². The topological polar surface area (TPSA) is 55.6 Å². The Morgan fingerprint density at radius 3 is 2.50 bits per heavy atom. The molecule has 118 valence electrons. The van der Waals surface area contributed by atoms with Gasteiger partial charge in [0.25, 0.3) is 0 Å². The molecule has 22 heavy (non-hydrogen) atoms. The molecule has 2 heterocycles. The molecule has 0 aromatic heterocycles. The summed E-state index contributed by atoms with van der Waals surface area (Å²) < 4.78 is 10.3. The number of ketones is 1. The third-order valence-electron chi connectivity index (χ3n) is 4.39. The first-order chi connectivity index (χ1) is 10.5. The first-order valence-electron chi connectivity index (χ1n) is 6.82. The van der Waals surface area contributed by atoms with Crippen LogP contribution in [0.4, 0.5) is 0 Å². The number of hydrogen-bond acceptors (Lipinski definition) is 5. The molecule has 4 atom stereocenters. The summed E-state index contributed by atoms with van der Waals surface area (Å²) in [4.78, 5) is 26.3. The van der Waals surface area contributed by atoms with E-state index in [1.807, 2.05) is 4.90 Å². The number of benzene rings is 1. The highest BCUT2D eigenvalue weighted by Crippen LogP contribution is 2.62. The number of piperidine rings is 1. The SMILES string of the molecule is COC(=O)[C@@]12CC(=O)C[C@H](OC)N1[C@H]2c1c(Cl)cccc1Cl. The molecule has 1 aromatic carbocycles. The molecule has 0 saturated carbocycles. The summed E-state index contributed by atoms with van der Waals surface area (Å²) in [5, 5.41) is 0.912. The van der Waals surface area contributed by atoms with Crippen LogP contribution >= 0.6 is 23.2 Å². The van der Waals surface area contributed by atoms with Gasteiger partial charge in [0.1, 0.15) is 17.6 Å². The Kier molecular flexibility index (Phi) is 3.93. The number of esters is 1. The van der Waals surface area contributed by atoms with E-state index in [2.05, 4.69) is 0 Å². The Balaban J connectivity index is 2.11. The van der Waals surface area contributed by atoms with Crippen LogP contribution in [0.1, 0.15) is 24.4 Å². The molecule has 0 radical (unpaired) electrons. The Hall–Kier alpha value is -1.14. The van der Waals surface area contributed by atoms with Gasteiger partial charge in [0.2, 0.25) is 0 Å². The van der Waals surface area contributed by atoms with Crippen molar-refractivity contribution in [2.75, 3.05) is 14.2 Å². The van der Waals surface area contributed by atoms with Gasteiger partial charge >= 0.3 is 5.97 Å². The van der Waals surface area contributed by atoms with Gasteiger partial charge in [0, 0.05) is 35.6 Å². The van der Waals surface area contributed by atoms with Crippen molar-refractivity contribution < 1.29 is 19.1 Å². The van der Waals surface area contributed by atoms with E-state index in [4.69, 9.17) is 32.7 Å². The zero-order valence-electron chi connectivity index (χ0n) is 12.1. The molecule has 2 aliphatic rings. The third kappa shape index (κ3) is 2.07. The largest absolute Gasteiger partial charge is 0.468 e. The van der Waals surface area contributed by atoms with Crippen molar-refractivity contribution in [1.29, 1.82) is 0 Å². The van der Waals surface area contributed by atoms with E-state index in [1.165, 1.54) is 14.2 Å². The quantitative estimate of drug-likeness (QED) is 0.623. The summed E-state index contributed by atoms with van der Waals surface area (Å²) in [7, 11) is 2.81. The van der Waals surface area contributed by atoms with Crippen molar-refractivity contribution in [3.63, 3.8) is 0 Å². The number of Topliss-reactive ketones (excluding diaryl/α,β-unsaturated/α-hetero) is 1. The summed E-state index contributed by atoms with van der Waals surface area (Å²) >= 11 is 12.6. The lowest BCUT2D eigenvalue weighted by molar-refractivity contribution is -0.152. The number of fused-ring (bicyclic) bond motifs is 1. The van der Waals surface area contributed by atoms with Crippen molar-refractivity contribution in [3.8, 4) is 0 Å². The van der Waals surface area contributed by atoms with Crippen LogP contribution in [0.5, 0.6) is 0 Å². The maximum atomic E-state index is 12.4. The first-order valence-corrected chi connectivity index (χ1v) is 7.58. The maximum Gasteiger partial charge on any atom is 0.328 e. The van der Waals surface area contributed by atoms with Gasteiger partial charge in [0.15, 0.2) is 0 Å². The number of halogens is 2. The zero-order chi connectivity index (χ0) is 16.1. The smallest absolute Gasteiger partial charge is 0.328 e. The second-order valence-electron chi connectivity index (χ2n) is 5.47. The Morgan fingerprint density at radius 1 is 1.32 bits per heavy atom. The van der Waals surface area contributed by atoms with Gasteiger partial charge in [-0.3, -0.25) is 9.69 Å². The van der Waals surface area contributed by atoms with E-state index in [9.17, 15) is 9.59 Å². The van der Waals surface area contributed by atoms with Crippen molar-refractivity contribution in [2.45, 2.75) is 30.7 Å². The average molecular weight is 344 g/mol. The molecule has 0 N–H and O–H groups in total. The fraction of sp³-hybridized carbons (Fsp3) is 0.467. The van der Waals surface area contributed by atoms with E-state index < -0.39 is 23.8 Å². The summed E-state index contributed by atoms with van der Waals surface area (Å²) in [5.74, 6) is -0.511. The molecular formula is C15H15Cl2NO4. The summed E-state index contributed by atoms with van der Waals surface area (Å²) in [5.41, 5.74) is -0.438. The molecule has 1 aromatic rings. The van der Waals surface area contributed by atoms with Crippen molar-refractivity contribution in [1.82, 2.24) is 4.90 Å². The van der Waals surface area contributed by atoms with E-state index in [1.54, 1.807) is 18.2 Å². The Labute approximate surface area is 138 Å². The number of rotatable bonds is 3. The minimum atomic E-state index is -1.07. The van der Waals surface area contributed by atoms with Gasteiger partial charge in [-0.05, 0) is 12.1 Å². The Morgan fingerprint density at radius 2 is 1.95 bits per heavy atom. The molecule has 2 fully saturated rings. The molecule has 5 nitrogen and oxygen atoms in total. The highest BCUT2D eigenvalue weighted by atomic mass is 35.5. The van der Waals surface area contributed by atoms with Crippen LogP contribution in [0.25, 0.3) is 0 Å².